The first-order valence-corrected chi connectivity index (χ1v) is 7.95. The minimum Gasteiger partial charge on any atom is -0.338 e. The lowest BCUT2D eigenvalue weighted by Gasteiger charge is -2.23. The summed E-state index contributed by atoms with van der Waals surface area (Å²) in [4.78, 5) is 14.3. The van der Waals surface area contributed by atoms with Gasteiger partial charge in [0.25, 0.3) is 0 Å². The molecule has 1 atom stereocenters. The quantitative estimate of drug-likeness (QED) is 0.779. The van der Waals surface area contributed by atoms with Crippen LogP contribution in [0.1, 0.15) is 18.2 Å². The second kappa shape index (κ2) is 6.84. The fraction of sp³-hybridized carbons (Fsp3) is 0.263. The number of hydrogen-bond donors (Lipinski definition) is 1. The van der Waals surface area contributed by atoms with Gasteiger partial charge in [0.2, 0.25) is 11.8 Å². The number of aromatic nitrogens is 1. The van der Waals surface area contributed by atoms with Crippen LogP contribution in [0.15, 0.2) is 53.1 Å². The molecule has 3 aromatic rings. The molecule has 24 heavy (non-hydrogen) atoms. The van der Waals surface area contributed by atoms with Gasteiger partial charge in [0.1, 0.15) is 0 Å². The Morgan fingerprint density at radius 2 is 1.96 bits per heavy atom. The number of likely N-dealkylation sites (N-methyl/N-ethyl adjacent to an activating group) is 1. The Balaban J connectivity index is 1.65. The van der Waals surface area contributed by atoms with Crippen LogP contribution in [0.2, 0.25) is 0 Å². The SMILES string of the molecule is Cc1cc(NC(=O)[C@H](C)N(C)Cc2ccc3ccccc3c2)on1. The molecule has 1 aromatic heterocycles. The zero-order valence-electron chi connectivity index (χ0n) is 14.1. The van der Waals surface area contributed by atoms with E-state index in [9.17, 15) is 4.79 Å². The van der Waals surface area contributed by atoms with Gasteiger partial charge in [-0.2, -0.15) is 0 Å². The minimum atomic E-state index is -0.290. The van der Waals surface area contributed by atoms with Gasteiger partial charge < -0.3 is 4.52 Å². The van der Waals surface area contributed by atoms with Crippen molar-refractivity contribution in [3.05, 3.63) is 59.8 Å². The van der Waals surface area contributed by atoms with E-state index < -0.39 is 0 Å². The Bertz CT molecular complexity index is 856. The zero-order valence-corrected chi connectivity index (χ0v) is 14.1. The third-order valence-corrected chi connectivity index (χ3v) is 4.16. The molecule has 0 aliphatic rings. The van der Waals surface area contributed by atoms with Gasteiger partial charge in [-0.1, -0.05) is 41.6 Å². The average Bonchev–Trinajstić information content (AvgIpc) is 2.98. The highest BCUT2D eigenvalue weighted by Gasteiger charge is 2.19. The molecule has 0 unspecified atom stereocenters. The number of hydrogen-bond acceptors (Lipinski definition) is 4. The zero-order chi connectivity index (χ0) is 17.1. The molecule has 0 radical (unpaired) electrons. The molecule has 5 heteroatoms. The molecule has 124 valence electrons. The van der Waals surface area contributed by atoms with Crippen molar-refractivity contribution in [2.24, 2.45) is 0 Å². The lowest BCUT2D eigenvalue weighted by molar-refractivity contribution is -0.120. The number of rotatable bonds is 5. The molecule has 5 nitrogen and oxygen atoms in total. The summed E-state index contributed by atoms with van der Waals surface area (Å²) in [5.41, 5.74) is 1.91. The van der Waals surface area contributed by atoms with Crippen LogP contribution in [0.3, 0.4) is 0 Å². The standard InChI is InChI=1S/C19H21N3O2/c1-13-10-18(24-21-13)20-19(23)14(2)22(3)12-15-8-9-16-6-4-5-7-17(16)11-15/h4-11,14H,12H2,1-3H3,(H,20,23)/t14-/m0/s1. The normalized spacial score (nSPS) is 12.5. The van der Waals surface area contributed by atoms with Crippen LogP contribution in [-0.2, 0) is 11.3 Å². The van der Waals surface area contributed by atoms with Crippen molar-refractivity contribution in [2.45, 2.75) is 26.4 Å². The van der Waals surface area contributed by atoms with Crippen LogP contribution >= 0.6 is 0 Å². The summed E-state index contributed by atoms with van der Waals surface area (Å²) in [6.07, 6.45) is 0. The molecule has 1 heterocycles. The minimum absolute atomic E-state index is 0.116. The number of benzene rings is 2. The summed E-state index contributed by atoms with van der Waals surface area (Å²) in [6.45, 7) is 4.38. The summed E-state index contributed by atoms with van der Waals surface area (Å²) in [6, 6.07) is 16.0. The summed E-state index contributed by atoms with van der Waals surface area (Å²) in [5.74, 6) is 0.262. The second-order valence-electron chi connectivity index (χ2n) is 6.09. The van der Waals surface area contributed by atoms with Gasteiger partial charge in [0.05, 0.1) is 11.7 Å². The van der Waals surface area contributed by atoms with Crippen LogP contribution in [0.5, 0.6) is 0 Å². The van der Waals surface area contributed by atoms with Crippen molar-refractivity contribution in [2.75, 3.05) is 12.4 Å². The molecule has 1 N–H and O–H groups in total. The Labute approximate surface area is 141 Å². The highest BCUT2D eigenvalue weighted by molar-refractivity contribution is 5.93. The molecule has 0 aliphatic heterocycles. The first kappa shape index (κ1) is 16.2. The number of carbonyl (C=O) groups is 1. The van der Waals surface area contributed by atoms with E-state index in [1.807, 2.05) is 37.9 Å². The molecule has 0 spiro atoms. The number of amides is 1. The largest absolute Gasteiger partial charge is 0.338 e. The number of nitrogens with one attached hydrogen (secondary N) is 1. The monoisotopic (exact) mass is 323 g/mol. The van der Waals surface area contributed by atoms with Crippen LogP contribution < -0.4 is 5.32 Å². The van der Waals surface area contributed by atoms with Crippen LogP contribution in [0.25, 0.3) is 10.8 Å². The van der Waals surface area contributed by atoms with Gasteiger partial charge in [0, 0.05) is 12.6 Å². The van der Waals surface area contributed by atoms with E-state index in [0.717, 1.165) is 5.69 Å². The second-order valence-corrected chi connectivity index (χ2v) is 6.09. The van der Waals surface area contributed by atoms with Crippen molar-refractivity contribution >= 4 is 22.6 Å². The molecule has 0 aliphatic carbocycles. The van der Waals surface area contributed by atoms with Crippen molar-refractivity contribution in [1.82, 2.24) is 10.1 Å². The molecule has 0 fully saturated rings. The van der Waals surface area contributed by atoms with Crippen LogP contribution in [-0.4, -0.2) is 29.1 Å². The first-order chi connectivity index (χ1) is 11.5. The van der Waals surface area contributed by atoms with E-state index in [0.29, 0.717) is 12.4 Å². The maximum atomic E-state index is 12.3. The van der Waals surface area contributed by atoms with E-state index >= 15 is 0 Å². The smallest absolute Gasteiger partial charge is 0.243 e. The molecular formula is C19H21N3O2. The van der Waals surface area contributed by atoms with Gasteiger partial charge in [-0.15, -0.1) is 0 Å². The fourth-order valence-electron chi connectivity index (χ4n) is 2.61. The molecule has 0 bridgehead atoms. The lowest BCUT2D eigenvalue weighted by Crippen LogP contribution is -2.39. The molecular weight excluding hydrogens is 302 g/mol. The van der Waals surface area contributed by atoms with Crippen LogP contribution in [0.4, 0.5) is 5.88 Å². The summed E-state index contributed by atoms with van der Waals surface area (Å²) < 4.78 is 5.03. The highest BCUT2D eigenvalue weighted by atomic mass is 16.5. The van der Waals surface area contributed by atoms with E-state index in [-0.39, 0.29) is 11.9 Å². The summed E-state index contributed by atoms with van der Waals surface area (Å²) >= 11 is 0. The molecule has 2 aromatic carbocycles. The maximum absolute atomic E-state index is 12.3. The summed E-state index contributed by atoms with van der Waals surface area (Å²) in [5, 5.41) is 8.94. The van der Waals surface area contributed by atoms with Gasteiger partial charge in [-0.05, 0) is 43.3 Å². The third-order valence-electron chi connectivity index (χ3n) is 4.16. The van der Waals surface area contributed by atoms with Gasteiger partial charge in [0.15, 0.2) is 0 Å². The van der Waals surface area contributed by atoms with Crippen molar-refractivity contribution < 1.29 is 9.32 Å². The van der Waals surface area contributed by atoms with E-state index in [1.165, 1.54) is 16.3 Å². The molecule has 0 saturated carbocycles. The van der Waals surface area contributed by atoms with Gasteiger partial charge in [-0.25, -0.2) is 0 Å². The maximum Gasteiger partial charge on any atom is 0.243 e. The predicted molar refractivity (Wildman–Crippen MR) is 94.7 cm³/mol. The van der Waals surface area contributed by atoms with Gasteiger partial charge in [-0.3, -0.25) is 15.0 Å². The first-order valence-electron chi connectivity index (χ1n) is 7.95. The Kier molecular flexibility index (Phi) is 4.62. The van der Waals surface area contributed by atoms with Gasteiger partial charge >= 0.3 is 0 Å². The lowest BCUT2D eigenvalue weighted by atomic mass is 10.1. The van der Waals surface area contributed by atoms with Crippen molar-refractivity contribution in [3.8, 4) is 0 Å². The number of nitrogens with zero attached hydrogens (tertiary/aromatic N) is 2. The fourth-order valence-corrected chi connectivity index (χ4v) is 2.61. The molecule has 0 saturated heterocycles. The third kappa shape index (κ3) is 3.63. The average molecular weight is 323 g/mol. The van der Waals surface area contributed by atoms with Crippen LogP contribution in [0, 0.1) is 6.92 Å². The highest BCUT2D eigenvalue weighted by Crippen LogP contribution is 2.17. The number of fused-ring (bicyclic) bond motifs is 1. The van der Waals surface area contributed by atoms with Crippen molar-refractivity contribution in [1.29, 1.82) is 0 Å². The van der Waals surface area contributed by atoms with E-state index in [4.69, 9.17) is 4.52 Å². The van der Waals surface area contributed by atoms with E-state index in [2.05, 4.69) is 40.8 Å². The Hall–Kier alpha value is -2.66. The summed E-state index contributed by atoms with van der Waals surface area (Å²) in [7, 11) is 1.94. The Morgan fingerprint density at radius 1 is 1.21 bits per heavy atom. The number of anilines is 1. The number of carbonyl (C=O) groups excluding carboxylic acids is 1. The van der Waals surface area contributed by atoms with E-state index in [1.54, 1.807) is 6.07 Å². The topological polar surface area (TPSA) is 58.4 Å². The predicted octanol–water partition coefficient (Wildman–Crippen LogP) is 3.60. The Morgan fingerprint density at radius 3 is 2.67 bits per heavy atom. The number of aryl methyl sites for hydroxylation is 1. The molecule has 1 amide bonds. The van der Waals surface area contributed by atoms with Crippen molar-refractivity contribution in [3.63, 3.8) is 0 Å². The molecule has 3 rings (SSSR count).